The van der Waals surface area contributed by atoms with Gasteiger partial charge >= 0.3 is 0 Å². The minimum absolute atomic E-state index is 0.228. The zero-order valence-corrected chi connectivity index (χ0v) is 11.2. The summed E-state index contributed by atoms with van der Waals surface area (Å²) in [6.07, 6.45) is 3.45. The Morgan fingerprint density at radius 3 is 1.67 bits per heavy atom. The van der Waals surface area contributed by atoms with Crippen molar-refractivity contribution in [2.75, 3.05) is 0 Å². The van der Waals surface area contributed by atoms with Crippen molar-refractivity contribution in [2.45, 2.75) is 38.5 Å². The lowest BCUT2D eigenvalue weighted by atomic mass is 9.64. The molecule has 92 valence electrons. The summed E-state index contributed by atoms with van der Waals surface area (Å²) in [5, 5.41) is 0. The van der Waals surface area contributed by atoms with Gasteiger partial charge in [-0.05, 0) is 41.5 Å². The van der Waals surface area contributed by atoms with Crippen LogP contribution in [0.3, 0.4) is 0 Å². The van der Waals surface area contributed by atoms with E-state index in [0.717, 1.165) is 6.42 Å². The third-order valence-corrected chi connectivity index (χ3v) is 4.65. The summed E-state index contributed by atoms with van der Waals surface area (Å²) >= 11 is 0. The monoisotopic (exact) mass is 236 g/mol. The summed E-state index contributed by atoms with van der Waals surface area (Å²) < 4.78 is 0. The van der Waals surface area contributed by atoms with E-state index in [4.69, 9.17) is 0 Å². The van der Waals surface area contributed by atoms with E-state index in [9.17, 15) is 0 Å². The number of fused-ring (bicyclic) bond motifs is 2. The molecule has 2 aromatic carbocycles. The van der Waals surface area contributed by atoms with E-state index in [1.54, 1.807) is 11.1 Å². The lowest BCUT2D eigenvalue weighted by Crippen LogP contribution is -2.32. The number of hydrogen-bond acceptors (Lipinski definition) is 0. The Labute approximate surface area is 110 Å². The Balaban J connectivity index is 2.30. The first-order valence-electron chi connectivity index (χ1n) is 6.98. The third kappa shape index (κ3) is 1.45. The summed E-state index contributed by atoms with van der Waals surface area (Å²) in [6.45, 7) is 4.64. The minimum Gasteiger partial charge on any atom is -0.0642 e. The van der Waals surface area contributed by atoms with E-state index in [0.29, 0.717) is 0 Å². The fourth-order valence-corrected chi connectivity index (χ4v) is 3.64. The summed E-state index contributed by atoms with van der Waals surface area (Å²) in [5.41, 5.74) is 6.35. The normalized spacial score (nSPS) is 15.9. The van der Waals surface area contributed by atoms with E-state index < -0.39 is 0 Å². The van der Waals surface area contributed by atoms with Gasteiger partial charge in [-0.2, -0.15) is 0 Å². The highest BCUT2D eigenvalue weighted by molar-refractivity contribution is 5.53. The minimum atomic E-state index is 0.228. The first-order chi connectivity index (χ1) is 8.81. The molecule has 3 rings (SSSR count). The van der Waals surface area contributed by atoms with Gasteiger partial charge in [-0.25, -0.2) is 0 Å². The molecule has 0 saturated carbocycles. The maximum absolute atomic E-state index is 2.33. The van der Waals surface area contributed by atoms with Crippen LogP contribution in [0.2, 0.25) is 0 Å². The van der Waals surface area contributed by atoms with Crippen LogP contribution in [-0.2, 0) is 11.8 Å². The fraction of sp³-hybridized carbons (Fsp3) is 0.333. The highest BCUT2D eigenvalue weighted by Gasteiger charge is 2.36. The lowest BCUT2D eigenvalue weighted by molar-refractivity contribution is 0.462. The molecule has 18 heavy (non-hydrogen) atoms. The van der Waals surface area contributed by atoms with Crippen LogP contribution in [0.4, 0.5) is 0 Å². The Bertz CT molecular complexity index is 514. The largest absolute Gasteiger partial charge is 0.0642 e. The molecule has 0 heteroatoms. The molecule has 0 nitrogen and oxygen atoms in total. The maximum Gasteiger partial charge on any atom is 0.0203 e. The molecule has 0 aliphatic heterocycles. The van der Waals surface area contributed by atoms with Crippen molar-refractivity contribution in [3.05, 3.63) is 70.8 Å². The van der Waals surface area contributed by atoms with Gasteiger partial charge in [0.1, 0.15) is 0 Å². The molecule has 2 aromatic rings. The van der Waals surface area contributed by atoms with Gasteiger partial charge in [-0.3, -0.25) is 0 Å². The van der Waals surface area contributed by atoms with Crippen molar-refractivity contribution < 1.29 is 0 Å². The van der Waals surface area contributed by atoms with Gasteiger partial charge in [0.2, 0.25) is 0 Å². The molecular formula is C18H20. The molecule has 0 radical (unpaired) electrons. The average molecular weight is 236 g/mol. The highest BCUT2D eigenvalue weighted by atomic mass is 14.4. The molecule has 0 bridgehead atoms. The molecule has 0 N–H and O–H groups in total. The molecule has 0 unspecified atom stereocenters. The molecule has 0 atom stereocenters. The highest BCUT2D eigenvalue weighted by Crippen LogP contribution is 2.45. The molecule has 1 aliphatic carbocycles. The fourth-order valence-electron chi connectivity index (χ4n) is 3.64. The quantitative estimate of drug-likeness (QED) is 0.709. The first kappa shape index (κ1) is 11.5. The van der Waals surface area contributed by atoms with E-state index in [2.05, 4.69) is 62.4 Å². The smallest absolute Gasteiger partial charge is 0.0203 e. The van der Waals surface area contributed by atoms with Crippen molar-refractivity contribution in [2.24, 2.45) is 0 Å². The van der Waals surface area contributed by atoms with Crippen LogP contribution in [0, 0.1) is 0 Å². The lowest BCUT2D eigenvalue weighted by Gasteiger charge is -2.40. The van der Waals surface area contributed by atoms with Gasteiger partial charge in [-0.15, -0.1) is 0 Å². The summed E-state index contributed by atoms with van der Waals surface area (Å²) in [5.74, 6) is 0. The number of rotatable bonds is 2. The summed E-state index contributed by atoms with van der Waals surface area (Å²) in [4.78, 5) is 0. The van der Waals surface area contributed by atoms with Gasteiger partial charge in [0.15, 0.2) is 0 Å². The zero-order chi connectivity index (χ0) is 12.6. The molecule has 0 saturated heterocycles. The van der Waals surface area contributed by atoms with Gasteiger partial charge in [0.05, 0.1) is 0 Å². The maximum atomic E-state index is 2.33. The second-order valence-corrected chi connectivity index (χ2v) is 5.28. The van der Waals surface area contributed by atoms with E-state index in [-0.39, 0.29) is 5.41 Å². The van der Waals surface area contributed by atoms with Gasteiger partial charge in [0.25, 0.3) is 0 Å². The van der Waals surface area contributed by atoms with Gasteiger partial charge < -0.3 is 0 Å². The molecular weight excluding hydrogens is 216 g/mol. The second kappa shape index (κ2) is 4.28. The Kier molecular flexibility index (Phi) is 2.74. The zero-order valence-electron chi connectivity index (χ0n) is 11.2. The van der Waals surface area contributed by atoms with Crippen molar-refractivity contribution in [3.8, 4) is 0 Å². The predicted octanol–water partition coefficient (Wildman–Crippen LogP) is 4.70. The molecule has 0 amide bonds. The van der Waals surface area contributed by atoms with Gasteiger partial charge in [0, 0.05) is 5.41 Å². The van der Waals surface area contributed by atoms with Crippen LogP contribution in [-0.4, -0.2) is 0 Å². The third-order valence-electron chi connectivity index (χ3n) is 4.65. The SMILES string of the molecule is CCC1(CC)c2ccccc2Cc2ccccc21. The molecule has 0 heterocycles. The molecule has 0 spiro atoms. The number of hydrogen-bond donors (Lipinski definition) is 0. The van der Waals surface area contributed by atoms with Crippen LogP contribution in [0.1, 0.15) is 48.9 Å². The Morgan fingerprint density at radius 1 is 0.778 bits per heavy atom. The van der Waals surface area contributed by atoms with E-state index in [1.807, 2.05) is 0 Å². The van der Waals surface area contributed by atoms with Crippen molar-refractivity contribution in [1.29, 1.82) is 0 Å². The predicted molar refractivity (Wildman–Crippen MR) is 77.1 cm³/mol. The summed E-state index contributed by atoms with van der Waals surface area (Å²) in [7, 11) is 0. The van der Waals surface area contributed by atoms with Crippen LogP contribution in [0.25, 0.3) is 0 Å². The van der Waals surface area contributed by atoms with Crippen molar-refractivity contribution >= 4 is 0 Å². The van der Waals surface area contributed by atoms with E-state index >= 15 is 0 Å². The molecule has 0 aromatic heterocycles. The first-order valence-corrected chi connectivity index (χ1v) is 6.98. The summed E-state index contributed by atoms with van der Waals surface area (Å²) in [6, 6.07) is 18.0. The van der Waals surface area contributed by atoms with Crippen LogP contribution >= 0.6 is 0 Å². The second-order valence-electron chi connectivity index (χ2n) is 5.28. The van der Waals surface area contributed by atoms with E-state index in [1.165, 1.54) is 24.0 Å². The van der Waals surface area contributed by atoms with Crippen molar-refractivity contribution in [1.82, 2.24) is 0 Å². The van der Waals surface area contributed by atoms with Crippen LogP contribution in [0.5, 0.6) is 0 Å². The molecule has 0 fully saturated rings. The van der Waals surface area contributed by atoms with Crippen LogP contribution in [0.15, 0.2) is 48.5 Å². The van der Waals surface area contributed by atoms with Gasteiger partial charge in [-0.1, -0.05) is 62.4 Å². The van der Waals surface area contributed by atoms with Crippen molar-refractivity contribution in [3.63, 3.8) is 0 Å². The Hall–Kier alpha value is -1.56. The molecule has 1 aliphatic rings. The average Bonchev–Trinajstić information content (AvgIpc) is 2.45. The Morgan fingerprint density at radius 2 is 1.22 bits per heavy atom. The standard InChI is InChI=1S/C18H20/c1-3-18(4-2)16-11-7-5-9-14(16)13-15-10-6-8-12-17(15)18/h5-12H,3-4,13H2,1-2H3. The van der Waals surface area contributed by atoms with Crippen LogP contribution < -0.4 is 0 Å². The number of benzene rings is 2. The topological polar surface area (TPSA) is 0 Å².